The van der Waals surface area contributed by atoms with Gasteiger partial charge in [-0.2, -0.15) is 0 Å². The number of rotatable bonds is 2. The van der Waals surface area contributed by atoms with Crippen LogP contribution in [0.4, 0.5) is 5.69 Å². The molecule has 0 heterocycles. The third-order valence-corrected chi connectivity index (χ3v) is 1.58. The first kappa shape index (κ1) is 9.61. The van der Waals surface area contributed by atoms with Crippen LogP contribution in [0.25, 0.3) is 0 Å². The van der Waals surface area contributed by atoms with Crippen LogP contribution in [0.1, 0.15) is 0 Å². The van der Waals surface area contributed by atoms with Crippen molar-refractivity contribution < 1.29 is 9.53 Å². The van der Waals surface area contributed by atoms with E-state index in [0.29, 0.717) is 10.7 Å². The summed E-state index contributed by atoms with van der Waals surface area (Å²) in [4.78, 5) is 10.8. The second-order valence-corrected chi connectivity index (χ2v) is 2.74. The third-order valence-electron chi connectivity index (χ3n) is 1.35. The first-order valence-electron chi connectivity index (χ1n) is 3.52. The standard InChI is InChI=1S/C9H8ClNO2/c1-2-9(12)13-8-4-3-6(10)5-7(8)11/h2-5H,1,11H2. The molecule has 13 heavy (non-hydrogen) atoms. The Balaban J connectivity index is 2.89. The quantitative estimate of drug-likeness (QED) is 0.342. The van der Waals surface area contributed by atoms with E-state index in [1.165, 1.54) is 12.1 Å². The van der Waals surface area contributed by atoms with E-state index < -0.39 is 5.97 Å². The van der Waals surface area contributed by atoms with Gasteiger partial charge < -0.3 is 10.5 Å². The summed E-state index contributed by atoms with van der Waals surface area (Å²) in [6.45, 7) is 3.26. The van der Waals surface area contributed by atoms with Gasteiger partial charge in [0.2, 0.25) is 0 Å². The van der Waals surface area contributed by atoms with Gasteiger partial charge in [0.1, 0.15) is 0 Å². The van der Waals surface area contributed by atoms with Crippen LogP contribution in [0.3, 0.4) is 0 Å². The van der Waals surface area contributed by atoms with Crippen LogP contribution in [0.15, 0.2) is 30.9 Å². The number of carbonyl (C=O) groups is 1. The SMILES string of the molecule is C=CC(=O)Oc1ccc(Cl)cc1N. The molecule has 0 radical (unpaired) electrons. The molecule has 0 unspecified atom stereocenters. The third kappa shape index (κ3) is 2.49. The molecule has 0 aliphatic heterocycles. The van der Waals surface area contributed by atoms with Gasteiger partial charge in [0.15, 0.2) is 5.75 Å². The topological polar surface area (TPSA) is 52.3 Å². The summed E-state index contributed by atoms with van der Waals surface area (Å²) in [6, 6.07) is 4.62. The van der Waals surface area contributed by atoms with E-state index in [2.05, 4.69) is 6.58 Å². The predicted molar refractivity (Wildman–Crippen MR) is 51.7 cm³/mol. The summed E-state index contributed by atoms with van der Waals surface area (Å²) < 4.78 is 4.81. The van der Waals surface area contributed by atoms with Crippen LogP contribution < -0.4 is 10.5 Å². The lowest BCUT2D eigenvalue weighted by atomic mass is 10.3. The van der Waals surface area contributed by atoms with Crippen LogP contribution in [0, 0.1) is 0 Å². The smallest absolute Gasteiger partial charge is 0.335 e. The first-order chi connectivity index (χ1) is 6.13. The number of anilines is 1. The highest BCUT2D eigenvalue weighted by atomic mass is 35.5. The molecule has 1 aromatic carbocycles. The lowest BCUT2D eigenvalue weighted by Crippen LogP contribution is -2.05. The van der Waals surface area contributed by atoms with Gasteiger partial charge >= 0.3 is 5.97 Å². The van der Waals surface area contributed by atoms with E-state index >= 15 is 0 Å². The Kier molecular flexibility index (Phi) is 2.93. The van der Waals surface area contributed by atoms with E-state index in [1.54, 1.807) is 6.07 Å². The number of hydrogen-bond donors (Lipinski definition) is 1. The van der Waals surface area contributed by atoms with Crippen LogP contribution in [-0.4, -0.2) is 5.97 Å². The van der Waals surface area contributed by atoms with Gasteiger partial charge in [0.05, 0.1) is 5.69 Å². The first-order valence-corrected chi connectivity index (χ1v) is 3.90. The van der Waals surface area contributed by atoms with E-state index in [4.69, 9.17) is 22.1 Å². The van der Waals surface area contributed by atoms with Crippen molar-refractivity contribution in [3.63, 3.8) is 0 Å². The summed E-state index contributed by atoms with van der Waals surface area (Å²) in [5, 5.41) is 0.496. The van der Waals surface area contributed by atoms with Gasteiger partial charge in [-0.05, 0) is 18.2 Å². The zero-order chi connectivity index (χ0) is 9.84. The second-order valence-electron chi connectivity index (χ2n) is 2.31. The average molecular weight is 198 g/mol. The lowest BCUT2D eigenvalue weighted by Gasteiger charge is -2.04. The molecule has 4 heteroatoms. The highest BCUT2D eigenvalue weighted by Gasteiger charge is 2.03. The van der Waals surface area contributed by atoms with Crippen LogP contribution in [-0.2, 0) is 4.79 Å². The zero-order valence-electron chi connectivity index (χ0n) is 6.79. The van der Waals surface area contributed by atoms with Gasteiger partial charge in [-0.25, -0.2) is 4.79 Å². The fraction of sp³-hybridized carbons (Fsp3) is 0. The van der Waals surface area contributed by atoms with Gasteiger partial charge in [-0.3, -0.25) is 0 Å². The molecule has 68 valence electrons. The Morgan fingerprint density at radius 1 is 1.62 bits per heavy atom. The number of ether oxygens (including phenoxy) is 1. The molecule has 0 amide bonds. The minimum Gasteiger partial charge on any atom is -0.421 e. The number of hydrogen-bond acceptors (Lipinski definition) is 3. The molecule has 0 aromatic heterocycles. The fourth-order valence-electron chi connectivity index (χ4n) is 0.762. The van der Waals surface area contributed by atoms with Crippen molar-refractivity contribution in [2.24, 2.45) is 0 Å². The maximum absolute atomic E-state index is 10.8. The molecule has 0 bridgehead atoms. The molecule has 3 nitrogen and oxygen atoms in total. The molecule has 0 aliphatic rings. The molecule has 2 N–H and O–H groups in total. The van der Waals surface area contributed by atoms with Crippen molar-refractivity contribution in [2.75, 3.05) is 5.73 Å². The molecule has 0 spiro atoms. The molecule has 0 saturated heterocycles. The van der Waals surface area contributed by atoms with Gasteiger partial charge in [0, 0.05) is 11.1 Å². The van der Waals surface area contributed by atoms with Crippen molar-refractivity contribution in [3.8, 4) is 5.75 Å². The van der Waals surface area contributed by atoms with E-state index in [-0.39, 0.29) is 5.75 Å². The largest absolute Gasteiger partial charge is 0.421 e. The monoisotopic (exact) mass is 197 g/mol. The minimum absolute atomic E-state index is 0.286. The molecule has 0 aliphatic carbocycles. The zero-order valence-corrected chi connectivity index (χ0v) is 7.54. The fourth-order valence-corrected chi connectivity index (χ4v) is 0.943. The van der Waals surface area contributed by atoms with Crippen molar-refractivity contribution in [1.29, 1.82) is 0 Å². The Bertz CT molecular complexity index is 349. The van der Waals surface area contributed by atoms with Crippen molar-refractivity contribution in [2.45, 2.75) is 0 Å². The van der Waals surface area contributed by atoms with Gasteiger partial charge in [-0.1, -0.05) is 18.2 Å². The summed E-state index contributed by atoms with van der Waals surface area (Å²) >= 11 is 5.65. The van der Waals surface area contributed by atoms with Gasteiger partial charge in [0.25, 0.3) is 0 Å². The van der Waals surface area contributed by atoms with Crippen LogP contribution in [0.2, 0.25) is 5.02 Å². The average Bonchev–Trinajstić information content (AvgIpc) is 2.09. The Labute approximate surface area is 80.8 Å². The maximum atomic E-state index is 10.8. The number of nitrogen functional groups attached to an aromatic ring is 1. The number of carbonyl (C=O) groups excluding carboxylic acids is 1. The maximum Gasteiger partial charge on any atom is 0.335 e. The molecule has 1 rings (SSSR count). The normalized spacial score (nSPS) is 9.31. The summed E-state index contributed by atoms with van der Waals surface area (Å²) in [6.07, 6.45) is 1.06. The van der Waals surface area contributed by atoms with Crippen LogP contribution in [0.5, 0.6) is 5.75 Å². The second kappa shape index (κ2) is 3.96. The van der Waals surface area contributed by atoms with Crippen molar-refractivity contribution in [1.82, 2.24) is 0 Å². The Morgan fingerprint density at radius 2 is 2.31 bits per heavy atom. The summed E-state index contributed by atoms with van der Waals surface area (Å²) in [5.74, 6) is -0.261. The van der Waals surface area contributed by atoms with Crippen molar-refractivity contribution in [3.05, 3.63) is 35.9 Å². The molecule has 0 saturated carbocycles. The number of nitrogens with two attached hydrogens (primary N) is 1. The molecule has 1 aromatic rings. The molecule has 0 fully saturated rings. The summed E-state index contributed by atoms with van der Waals surface area (Å²) in [5.41, 5.74) is 5.85. The minimum atomic E-state index is -0.547. The number of benzene rings is 1. The number of esters is 1. The Morgan fingerprint density at radius 3 is 2.85 bits per heavy atom. The number of halogens is 1. The Hall–Kier alpha value is -1.48. The lowest BCUT2D eigenvalue weighted by molar-refractivity contribution is -0.128. The van der Waals surface area contributed by atoms with E-state index in [0.717, 1.165) is 6.08 Å². The predicted octanol–water partition coefficient (Wildman–Crippen LogP) is 2.01. The van der Waals surface area contributed by atoms with E-state index in [1.807, 2.05) is 0 Å². The molecular weight excluding hydrogens is 190 g/mol. The van der Waals surface area contributed by atoms with Crippen molar-refractivity contribution >= 4 is 23.3 Å². The molecular formula is C9H8ClNO2. The van der Waals surface area contributed by atoms with Crippen LogP contribution >= 0.6 is 11.6 Å². The highest BCUT2D eigenvalue weighted by molar-refractivity contribution is 6.30. The van der Waals surface area contributed by atoms with E-state index in [9.17, 15) is 4.79 Å². The molecule has 0 atom stereocenters. The highest BCUT2D eigenvalue weighted by Crippen LogP contribution is 2.24. The summed E-state index contributed by atoms with van der Waals surface area (Å²) in [7, 11) is 0. The van der Waals surface area contributed by atoms with Gasteiger partial charge in [-0.15, -0.1) is 0 Å².